The van der Waals surface area contributed by atoms with Crippen molar-refractivity contribution in [3.63, 3.8) is 0 Å². The van der Waals surface area contributed by atoms with E-state index in [1.54, 1.807) is 13.0 Å². The van der Waals surface area contributed by atoms with Gasteiger partial charge in [-0.2, -0.15) is 14.0 Å². The van der Waals surface area contributed by atoms with Crippen molar-refractivity contribution in [3.05, 3.63) is 0 Å². The van der Waals surface area contributed by atoms with Gasteiger partial charge in [-0.25, -0.2) is 0 Å². The van der Waals surface area contributed by atoms with E-state index in [4.69, 9.17) is 5.26 Å². The lowest BCUT2D eigenvalue weighted by Crippen LogP contribution is -2.37. The number of alkyl halides is 2. The topological polar surface area (TPSA) is 52.9 Å². The fourth-order valence-corrected chi connectivity index (χ4v) is 0.460. The minimum Gasteiger partial charge on any atom is -0.335 e. The Morgan fingerprint density at radius 3 is 2.55 bits per heavy atom. The Balaban J connectivity index is 3.84. The summed E-state index contributed by atoms with van der Waals surface area (Å²) in [4.78, 5) is 10.3. The average molecular weight is 162 g/mol. The fraction of sp³-hybridized carbons (Fsp3) is 0.667. The van der Waals surface area contributed by atoms with Gasteiger partial charge in [0.2, 0.25) is 0 Å². The van der Waals surface area contributed by atoms with Gasteiger partial charge in [-0.15, -0.1) is 0 Å². The summed E-state index contributed by atoms with van der Waals surface area (Å²) in [6.45, 7) is 1.62. The van der Waals surface area contributed by atoms with Crippen LogP contribution in [0.2, 0.25) is 0 Å². The molecule has 0 saturated heterocycles. The standard InChI is InChI=1S/C6H8F2N2O/c1-2-4(3-9)10-6(11)5(7)8/h4-5H,2H2,1H3,(H,10,11)/t4-/m0/s1. The van der Waals surface area contributed by atoms with Crippen molar-refractivity contribution in [2.24, 2.45) is 0 Å². The molecular weight excluding hydrogens is 154 g/mol. The van der Waals surface area contributed by atoms with Gasteiger partial charge in [0.1, 0.15) is 6.04 Å². The highest BCUT2D eigenvalue weighted by Crippen LogP contribution is 1.94. The first kappa shape index (κ1) is 9.82. The van der Waals surface area contributed by atoms with Gasteiger partial charge in [-0.05, 0) is 6.42 Å². The van der Waals surface area contributed by atoms with E-state index in [2.05, 4.69) is 0 Å². The molecule has 0 unspecified atom stereocenters. The molecule has 0 aromatic carbocycles. The Morgan fingerprint density at radius 2 is 2.27 bits per heavy atom. The molecule has 0 fully saturated rings. The second kappa shape index (κ2) is 4.61. The fourth-order valence-electron chi connectivity index (χ4n) is 0.460. The zero-order valence-corrected chi connectivity index (χ0v) is 5.97. The Kier molecular flexibility index (Phi) is 4.11. The number of nitriles is 1. The zero-order valence-electron chi connectivity index (χ0n) is 5.97. The van der Waals surface area contributed by atoms with Crippen LogP contribution in [0.25, 0.3) is 0 Å². The van der Waals surface area contributed by atoms with Crippen molar-refractivity contribution in [1.29, 1.82) is 5.26 Å². The Bertz CT molecular complexity index is 176. The molecule has 0 aliphatic carbocycles. The Hall–Kier alpha value is -1.18. The van der Waals surface area contributed by atoms with Crippen LogP contribution in [-0.4, -0.2) is 18.4 Å². The molecule has 0 spiro atoms. The van der Waals surface area contributed by atoms with E-state index < -0.39 is 18.4 Å². The number of rotatable bonds is 3. The summed E-state index contributed by atoms with van der Waals surface area (Å²) in [5.74, 6) is -1.39. The van der Waals surface area contributed by atoms with Crippen LogP contribution in [0.4, 0.5) is 8.78 Å². The molecule has 1 atom stereocenters. The number of carbonyl (C=O) groups is 1. The van der Waals surface area contributed by atoms with Crippen molar-refractivity contribution in [2.45, 2.75) is 25.8 Å². The molecule has 0 aromatic heterocycles. The van der Waals surface area contributed by atoms with Gasteiger partial charge < -0.3 is 5.32 Å². The second-order valence-electron chi connectivity index (χ2n) is 1.90. The van der Waals surface area contributed by atoms with Crippen LogP contribution in [0.1, 0.15) is 13.3 Å². The van der Waals surface area contributed by atoms with Crippen LogP contribution < -0.4 is 5.32 Å². The van der Waals surface area contributed by atoms with Gasteiger partial charge in [0, 0.05) is 0 Å². The molecule has 0 radical (unpaired) electrons. The Morgan fingerprint density at radius 1 is 1.73 bits per heavy atom. The maximum absolute atomic E-state index is 11.5. The van der Waals surface area contributed by atoms with Crippen molar-refractivity contribution in [1.82, 2.24) is 5.32 Å². The number of hydrogen-bond acceptors (Lipinski definition) is 2. The van der Waals surface area contributed by atoms with Gasteiger partial charge in [-0.1, -0.05) is 6.92 Å². The maximum atomic E-state index is 11.5. The molecule has 0 bridgehead atoms. The predicted molar refractivity (Wildman–Crippen MR) is 33.8 cm³/mol. The molecule has 5 heteroatoms. The third kappa shape index (κ3) is 3.50. The highest BCUT2D eigenvalue weighted by Gasteiger charge is 2.17. The molecule has 0 heterocycles. The lowest BCUT2D eigenvalue weighted by molar-refractivity contribution is -0.132. The highest BCUT2D eigenvalue weighted by atomic mass is 19.3. The summed E-state index contributed by atoms with van der Waals surface area (Å²) in [6, 6.07) is 0.863. The van der Waals surface area contributed by atoms with E-state index >= 15 is 0 Å². The molecule has 0 rings (SSSR count). The van der Waals surface area contributed by atoms with Crippen LogP contribution in [0.15, 0.2) is 0 Å². The second-order valence-corrected chi connectivity index (χ2v) is 1.90. The third-order valence-corrected chi connectivity index (χ3v) is 1.08. The SMILES string of the molecule is CC[C@@H](C#N)NC(=O)C(F)F. The van der Waals surface area contributed by atoms with Gasteiger partial charge >= 0.3 is 6.43 Å². The van der Waals surface area contributed by atoms with E-state index in [-0.39, 0.29) is 0 Å². The van der Waals surface area contributed by atoms with E-state index in [0.29, 0.717) is 6.42 Å². The van der Waals surface area contributed by atoms with Crippen molar-refractivity contribution in [2.75, 3.05) is 0 Å². The number of nitrogens with zero attached hydrogens (tertiary/aromatic N) is 1. The van der Waals surface area contributed by atoms with Crippen LogP contribution >= 0.6 is 0 Å². The summed E-state index contributed by atoms with van der Waals surface area (Å²) >= 11 is 0. The number of halogens is 2. The summed E-state index contributed by atoms with van der Waals surface area (Å²) in [5.41, 5.74) is 0. The molecule has 11 heavy (non-hydrogen) atoms. The van der Waals surface area contributed by atoms with Crippen molar-refractivity contribution >= 4 is 5.91 Å². The first-order valence-electron chi connectivity index (χ1n) is 3.10. The largest absolute Gasteiger partial charge is 0.335 e. The molecular formula is C6H8F2N2O. The monoisotopic (exact) mass is 162 g/mol. The molecule has 62 valence electrons. The number of amides is 1. The number of carbonyl (C=O) groups excluding carboxylic acids is 1. The minimum absolute atomic E-state index is 0.328. The summed E-state index contributed by atoms with van der Waals surface area (Å²) in [6.07, 6.45) is -2.72. The van der Waals surface area contributed by atoms with E-state index in [1.165, 1.54) is 0 Å². The lowest BCUT2D eigenvalue weighted by Gasteiger charge is -2.07. The van der Waals surface area contributed by atoms with Crippen LogP contribution in [0, 0.1) is 11.3 Å². The quantitative estimate of drug-likeness (QED) is 0.663. The zero-order chi connectivity index (χ0) is 8.85. The van der Waals surface area contributed by atoms with E-state index in [9.17, 15) is 13.6 Å². The van der Waals surface area contributed by atoms with Crippen molar-refractivity contribution in [3.8, 4) is 6.07 Å². The molecule has 0 saturated carbocycles. The molecule has 1 N–H and O–H groups in total. The van der Waals surface area contributed by atoms with Crippen LogP contribution in [0.3, 0.4) is 0 Å². The summed E-state index contributed by atoms with van der Waals surface area (Å²) in [5, 5.41) is 10.1. The number of hydrogen-bond donors (Lipinski definition) is 1. The maximum Gasteiger partial charge on any atom is 0.315 e. The minimum atomic E-state index is -3.04. The van der Waals surface area contributed by atoms with E-state index in [1.807, 2.05) is 5.32 Å². The van der Waals surface area contributed by atoms with Gasteiger partial charge in [0.15, 0.2) is 0 Å². The van der Waals surface area contributed by atoms with Gasteiger partial charge in [0.25, 0.3) is 5.91 Å². The van der Waals surface area contributed by atoms with Gasteiger partial charge in [0.05, 0.1) is 6.07 Å². The van der Waals surface area contributed by atoms with Crippen LogP contribution in [-0.2, 0) is 4.79 Å². The highest BCUT2D eigenvalue weighted by molar-refractivity contribution is 5.79. The average Bonchev–Trinajstić information content (AvgIpc) is 1.99. The molecule has 1 amide bonds. The lowest BCUT2D eigenvalue weighted by atomic mass is 10.2. The smallest absolute Gasteiger partial charge is 0.315 e. The normalized spacial score (nSPS) is 12.3. The van der Waals surface area contributed by atoms with Crippen LogP contribution in [0.5, 0.6) is 0 Å². The summed E-state index contributed by atoms with van der Waals surface area (Å²) in [7, 11) is 0. The van der Waals surface area contributed by atoms with Crippen molar-refractivity contribution < 1.29 is 13.6 Å². The Labute approximate surface area is 63.0 Å². The first-order valence-corrected chi connectivity index (χ1v) is 3.10. The number of nitrogens with one attached hydrogen (secondary N) is 1. The van der Waals surface area contributed by atoms with Gasteiger partial charge in [-0.3, -0.25) is 4.79 Å². The molecule has 0 aliphatic rings. The van der Waals surface area contributed by atoms with E-state index in [0.717, 1.165) is 0 Å². The molecule has 0 aliphatic heterocycles. The first-order chi connectivity index (χ1) is 5.11. The third-order valence-electron chi connectivity index (χ3n) is 1.08. The predicted octanol–water partition coefficient (Wildman–Crippen LogP) is 0.670. The molecule has 3 nitrogen and oxygen atoms in total. The molecule has 0 aromatic rings. The summed E-state index contributed by atoms with van der Waals surface area (Å²) < 4.78 is 23.1.